The van der Waals surface area contributed by atoms with Crippen molar-refractivity contribution in [2.45, 2.75) is 36.3 Å². The monoisotopic (exact) mass is 346 g/mol. The van der Waals surface area contributed by atoms with Crippen molar-refractivity contribution in [1.82, 2.24) is 0 Å². The van der Waals surface area contributed by atoms with E-state index in [4.69, 9.17) is 0 Å². The summed E-state index contributed by atoms with van der Waals surface area (Å²) >= 11 is 6.97. The second kappa shape index (κ2) is 4.61. The molecule has 0 heterocycles. The van der Waals surface area contributed by atoms with Gasteiger partial charge in [0, 0.05) is 9.89 Å². The summed E-state index contributed by atoms with van der Waals surface area (Å²) in [7, 11) is 0. The third kappa shape index (κ3) is 3.42. The molecule has 1 aromatic carbocycles. The summed E-state index contributed by atoms with van der Waals surface area (Å²) in [6, 6.07) is 7.73. The van der Waals surface area contributed by atoms with Gasteiger partial charge in [0.05, 0.1) is 4.32 Å². The maximum Gasteiger partial charge on any atom is 0.178 e. The van der Waals surface area contributed by atoms with Crippen molar-refractivity contribution in [1.29, 1.82) is 0 Å². The van der Waals surface area contributed by atoms with Gasteiger partial charge in [-0.15, -0.1) is 0 Å². The van der Waals surface area contributed by atoms with Gasteiger partial charge in [-0.05, 0) is 33.3 Å². The number of rotatable bonds is 3. The van der Waals surface area contributed by atoms with E-state index in [0.717, 1.165) is 11.1 Å². The number of benzene rings is 1. The molecular weight excluding hydrogens is 332 g/mol. The quantitative estimate of drug-likeness (QED) is 0.573. The lowest BCUT2D eigenvalue weighted by molar-refractivity contribution is 0.0961. The summed E-state index contributed by atoms with van der Waals surface area (Å²) in [5, 5.41) is 0. The van der Waals surface area contributed by atoms with E-state index in [1.165, 1.54) is 0 Å². The molecule has 0 saturated heterocycles. The van der Waals surface area contributed by atoms with Gasteiger partial charge in [0.2, 0.25) is 0 Å². The van der Waals surface area contributed by atoms with Gasteiger partial charge >= 0.3 is 0 Å². The van der Waals surface area contributed by atoms with Crippen LogP contribution in [0.4, 0.5) is 0 Å². The minimum Gasteiger partial charge on any atom is -0.293 e. The molecule has 0 aliphatic heterocycles. The van der Waals surface area contributed by atoms with E-state index in [1.54, 1.807) is 0 Å². The molecule has 0 radical (unpaired) electrons. The second-order valence-electron chi connectivity index (χ2n) is 4.85. The number of carbonyl (C=O) groups is 1. The van der Waals surface area contributed by atoms with Gasteiger partial charge < -0.3 is 0 Å². The van der Waals surface area contributed by atoms with E-state index in [2.05, 4.69) is 45.7 Å². The molecular formula is C13H16Br2O. The zero-order chi connectivity index (χ0) is 12.6. The lowest BCUT2D eigenvalue weighted by Crippen LogP contribution is -2.24. The molecule has 0 saturated carbocycles. The molecule has 0 N–H and O–H groups in total. The smallest absolute Gasteiger partial charge is 0.178 e. The van der Waals surface area contributed by atoms with Crippen molar-refractivity contribution >= 4 is 37.6 Å². The average Bonchev–Trinajstić information content (AvgIpc) is 2.14. The Hall–Kier alpha value is -0.150. The fraction of sp³-hybridized carbons (Fsp3) is 0.462. The number of hydrogen-bond donors (Lipinski definition) is 0. The van der Waals surface area contributed by atoms with E-state index >= 15 is 0 Å². The first kappa shape index (κ1) is 13.9. The molecule has 0 aliphatic rings. The Morgan fingerprint density at radius 1 is 1.00 bits per heavy atom. The maximum absolute atomic E-state index is 12.0. The van der Waals surface area contributed by atoms with Crippen LogP contribution in [0.5, 0.6) is 0 Å². The van der Waals surface area contributed by atoms with E-state index in [1.807, 2.05) is 38.1 Å². The molecule has 1 aromatic rings. The van der Waals surface area contributed by atoms with Crippen molar-refractivity contribution in [2.75, 3.05) is 0 Å². The lowest BCUT2D eigenvalue weighted by atomic mass is 9.96. The van der Waals surface area contributed by atoms with Crippen molar-refractivity contribution in [2.24, 2.45) is 0 Å². The fourth-order valence-corrected chi connectivity index (χ4v) is 1.85. The molecule has 0 aliphatic carbocycles. The second-order valence-corrected chi connectivity index (χ2v) is 8.82. The molecule has 0 atom stereocenters. The van der Waals surface area contributed by atoms with Crippen LogP contribution in [0.25, 0.3) is 0 Å². The molecule has 0 spiro atoms. The molecule has 0 fully saturated rings. The Labute approximate surface area is 114 Å². The number of halogens is 2. The highest BCUT2D eigenvalue weighted by molar-refractivity contribution is 9.10. The number of ketones is 1. The van der Waals surface area contributed by atoms with E-state index < -0.39 is 4.32 Å². The normalized spacial score (nSPS) is 12.6. The van der Waals surface area contributed by atoms with Crippen LogP contribution >= 0.6 is 31.9 Å². The van der Waals surface area contributed by atoms with Crippen LogP contribution in [-0.4, -0.2) is 10.1 Å². The Morgan fingerprint density at radius 2 is 1.44 bits per heavy atom. The number of alkyl halides is 2. The highest BCUT2D eigenvalue weighted by atomic mass is 79.9. The maximum atomic E-state index is 12.0. The summed E-state index contributed by atoms with van der Waals surface area (Å²) in [4.78, 5) is 12.0. The van der Waals surface area contributed by atoms with E-state index in [0.29, 0.717) is 0 Å². The topological polar surface area (TPSA) is 17.1 Å². The zero-order valence-corrected chi connectivity index (χ0v) is 13.1. The predicted molar refractivity (Wildman–Crippen MR) is 75.7 cm³/mol. The molecule has 88 valence electrons. The van der Waals surface area contributed by atoms with Crippen LogP contribution in [0.3, 0.4) is 0 Å². The van der Waals surface area contributed by atoms with E-state index in [9.17, 15) is 4.79 Å². The molecule has 3 heteroatoms. The minimum absolute atomic E-state index is 0.0570. The number of carbonyl (C=O) groups excluding carboxylic acids is 1. The van der Waals surface area contributed by atoms with Crippen molar-refractivity contribution in [3.63, 3.8) is 0 Å². The van der Waals surface area contributed by atoms with Crippen molar-refractivity contribution in [3.05, 3.63) is 35.4 Å². The highest BCUT2D eigenvalue weighted by Gasteiger charge is 2.25. The summed E-state index contributed by atoms with van der Waals surface area (Å²) < 4.78 is -0.559. The molecule has 0 amide bonds. The van der Waals surface area contributed by atoms with Crippen LogP contribution in [0.2, 0.25) is 0 Å². The first-order valence-electron chi connectivity index (χ1n) is 5.15. The fourth-order valence-electron chi connectivity index (χ4n) is 1.36. The first-order valence-corrected chi connectivity index (χ1v) is 6.74. The third-order valence-corrected chi connectivity index (χ3v) is 3.19. The summed E-state index contributed by atoms with van der Waals surface area (Å²) in [6.45, 7) is 7.88. The molecule has 1 nitrogen and oxygen atoms in total. The molecule has 0 unspecified atom stereocenters. The van der Waals surface area contributed by atoms with Crippen LogP contribution in [0.1, 0.15) is 43.6 Å². The SMILES string of the molecule is CC(C)(Br)C(=O)c1ccc(C(C)(C)Br)cc1. The number of hydrogen-bond acceptors (Lipinski definition) is 1. The third-order valence-electron chi connectivity index (χ3n) is 2.37. The first-order chi connectivity index (χ1) is 7.12. The van der Waals surface area contributed by atoms with Gasteiger partial charge in [-0.3, -0.25) is 4.79 Å². The van der Waals surface area contributed by atoms with Crippen LogP contribution in [-0.2, 0) is 4.32 Å². The van der Waals surface area contributed by atoms with E-state index in [-0.39, 0.29) is 10.1 Å². The van der Waals surface area contributed by atoms with Gasteiger partial charge in [0.15, 0.2) is 5.78 Å². The van der Waals surface area contributed by atoms with Crippen molar-refractivity contribution < 1.29 is 4.79 Å². The highest BCUT2D eigenvalue weighted by Crippen LogP contribution is 2.30. The molecule has 16 heavy (non-hydrogen) atoms. The molecule has 1 rings (SSSR count). The Morgan fingerprint density at radius 3 is 1.75 bits per heavy atom. The number of Topliss-reactive ketones (excluding diaryl/α,β-unsaturated/α-hetero) is 1. The minimum atomic E-state index is -0.502. The Kier molecular flexibility index (Phi) is 4.01. The van der Waals surface area contributed by atoms with Gasteiger partial charge in [0.1, 0.15) is 0 Å². The molecule has 0 bridgehead atoms. The zero-order valence-electron chi connectivity index (χ0n) is 9.97. The predicted octanol–water partition coefficient (Wildman–Crippen LogP) is 4.67. The van der Waals surface area contributed by atoms with Crippen LogP contribution < -0.4 is 0 Å². The Balaban J connectivity index is 3.01. The van der Waals surface area contributed by atoms with Gasteiger partial charge in [0.25, 0.3) is 0 Å². The summed E-state index contributed by atoms with van der Waals surface area (Å²) in [5.41, 5.74) is 1.90. The lowest BCUT2D eigenvalue weighted by Gasteiger charge is -2.18. The standard InChI is InChI=1S/C13H16Br2O/c1-12(2,14)10-7-5-9(6-8-10)11(16)13(3,4)15/h5-8H,1-4H3. The van der Waals surface area contributed by atoms with Crippen LogP contribution in [0, 0.1) is 0 Å². The average molecular weight is 348 g/mol. The Bertz CT molecular complexity index is 380. The largest absolute Gasteiger partial charge is 0.293 e. The molecule has 0 aromatic heterocycles. The van der Waals surface area contributed by atoms with Crippen LogP contribution in [0.15, 0.2) is 24.3 Å². The van der Waals surface area contributed by atoms with Gasteiger partial charge in [-0.25, -0.2) is 0 Å². The summed E-state index contributed by atoms with van der Waals surface area (Å²) in [5.74, 6) is 0.103. The summed E-state index contributed by atoms with van der Waals surface area (Å²) in [6.07, 6.45) is 0. The van der Waals surface area contributed by atoms with Gasteiger partial charge in [-0.2, -0.15) is 0 Å². The van der Waals surface area contributed by atoms with Gasteiger partial charge in [-0.1, -0.05) is 56.1 Å². The van der Waals surface area contributed by atoms with Crippen molar-refractivity contribution in [3.8, 4) is 0 Å².